The topological polar surface area (TPSA) is 96.5 Å². The molecule has 3 N–H and O–H groups in total. The Bertz CT molecular complexity index is 720. The Morgan fingerprint density at radius 3 is 2.93 bits per heavy atom. The monoisotopic (exact) mass is 514 g/mol. The molecule has 1 aromatic heterocycles. The summed E-state index contributed by atoms with van der Waals surface area (Å²) in [5.41, 5.74) is 2.16. The zero-order valence-electron chi connectivity index (χ0n) is 16.9. The van der Waals surface area contributed by atoms with Crippen LogP contribution in [-0.4, -0.2) is 61.2 Å². The van der Waals surface area contributed by atoms with Gasteiger partial charge in [0.15, 0.2) is 11.8 Å². The fourth-order valence-electron chi connectivity index (χ4n) is 3.12. The SMILES string of the molecule is CN=C(NCCCOCC1CCOCC1)NCc1cccc(-c2ncn[nH]2)c1.I. The first-order chi connectivity index (χ1) is 13.8. The first kappa shape index (κ1) is 23.6. The van der Waals surface area contributed by atoms with Crippen LogP contribution in [0.25, 0.3) is 11.4 Å². The number of guanidine groups is 1. The number of halogens is 1. The number of benzene rings is 1. The molecule has 160 valence electrons. The van der Waals surface area contributed by atoms with Crippen molar-refractivity contribution in [3.63, 3.8) is 0 Å². The summed E-state index contributed by atoms with van der Waals surface area (Å²) in [7, 11) is 1.78. The second-order valence-corrected chi connectivity index (χ2v) is 6.87. The highest BCUT2D eigenvalue weighted by Crippen LogP contribution is 2.15. The van der Waals surface area contributed by atoms with Crippen molar-refractivity contribution < 1.29 is 9.47 Å². The lowest BCUT2D eigenvalue weighted by Gasteiger charge is -2.21. The number of hydrogen-bond acceptors (Lipinski definition) is 5. The van der Waals surface area contributed by atoms with Crippen LogP contribution in [-0.2, 0) is 16.0 Å². The lowest BCUT2D eigenvalue weighted by atomic mass is 10.0. The van der Waals surface area contributed by atoms with Gasteiger partial charge in [-0.1, -0.05) is 18.2 Å². The summed E-state index contributed by atoms with van der Waals surface area (Å²) in [4.78, 5) is 8.47. The minimum absolute atomic E-state index is 0. The zero-order valence-corrected chi connectivity index (χ0v) is 19.2. The van der Waals surface area contributed by atoms with E-state index >= 15 is 0 Å². The number of nitrogens with one attached hydrogen (secondary N) is 3. The molecule has 0 atom stereocenters. The fourth-order valence-corrected chi connectivity index (χ4v) is 3.12. The maximum atomic E-state index is 5.80. The largest absolute Gasteiger partial charge is 0.381 e. The van der Waals surface area contributed by atoms with Crippen molar-refractivity contribution in [1.82, 2.24) is 25.8 Å². The summed E-state index contributed by atoms with van der Waals surface area (Å²) in [5, 5.41) is 13.5. The summed E-state index contributed by atoms with van der Waals surface area (Å²) >= 11 is 0. The molecule has 0 aliphatic carbocycles. The van der Waals surface area contributed by atoms with E-state index in [4.69, 9.17) is 9.47 Å². The predicted molar refractivity (Wildman–Crippen MR) is 124 cm³/mol. The van der Waals surface area contributed by atoms with E-state index in [2.05, 4.69) is 42.9 Å². The molecule has 0 unspecified atom stereocenters. The van der Waals surface area contributed by atoms with Gasteiger partial charge in [-0.2, -0.15) is 5.10 Å². The van der Waals surface area contributed by atoms with Gasteiger partial charge in [-0.15, -0.1) is 24.0 Å². The van der Waals surface area contributed by atoms with Crippen LogP contribution < -0.4 is 10.6 Å². The molecule has 29 heavy (non-hydrogen) atoms. The average Bonchev–Trinajstić information content (AvgIpc) is 3.29. The molecule has 0 saturated carbocycles. The third kappa shape index (κ3) is 8.27. The Morgan fingerprint density at radius 2 is 2.17 bits per heavy atom. The molecule has 3 rings (SSSR count). The zero-order chi connectivity index (χ0) is 19.4. The number of aliphatic imine (C=N–C) groups is 1. The standard InChI is InChI=1S/C20H30N6O2.HI/c1-21-20(22-8-3-9-28-14-16-6-10-27-11-7-16)23-13-17-4-2-5-18(12-17)19-24-15-25-26-19;/h2,4-5,12,15-16H,3,6-11,13-14H2,1H3,(H2,21,22,23)(H,24,25,26);1H. The molecule has 0 amide bonds. The highest BCUT2D eigenvalue weighted by molar-refractivity contribution is 14.0. The van der Waals surface area contributed by atoms with Crippen LogP contribution in [0.2, 0.25) is 0 Å². The number of ether oxygens (including phenoxy) is 2. The van der Waals surface area contributed by atoms with Crippen molar-refractivity contribution in [1.29, 1.82) is 0 Å². The van der Waals surface area contributed by atoms with Crippen molar-refractivity contribution in [3.8, 4) is 11.4 Å². The molecule has 1 saturated heterocycles. The van der Waals surface area contributed by atoms with Crippen molar-refractivity contribution in [2.24, 2.45) is 10.9 Å². The van der Waals surface area contributed by atoms with E-state index in [9.17, 15) is 0 Å². The van der Waals surface area contributed by atoms with E-state index in [0.29, 0.717) is 12.5 Å². The van der Waals surface area contributed by atoms with Gasteiger partial charge in [0.2, 0.25) is 0 Å². The summed E-state index contributed by atoms with van der Waals surface area (Å²) in [6, 6.07) is 8.19. The third-order valence-electron chi connectivity index (χ3n) is 4.75. The normalized spacial score (nSPS) is 15.0. The molecular formula is C20H31IN6O2. The summed E-state index contributed by atoms with van der Waals surface area (Å²) in [6.07, 6.45) is 4.70. The smallest absolute Gasteiger partial charge is 0.191 e. The van der Waals surface area contributed by atoms with Crippen LogP contribution in [0.15, 0.2) is 35.6 Å². The summed E-state index contributed by atoms with van der Waals surface area (Å²) < 4.78 is 11.2. The molecule has 1 aliphatic heterocycles. The fraction of sp³-hybridized carbons (Fsp3) is 0.550. The molecule has 1 aliphatic rings. The first-order valence-corrected chi connectivity index (χ1v) is 9.90. The van der Waals surface area contributed by atoms with Gasteiger partial charge in [0, 0.05) is 52.1 Å². The van der Waals surface area contributed by atoms with Gasteiger partial charge >= 0.3 is 0 Å². The van der Waals surface area contributed by atoms with Crippen LogP contribution in [0.3, 0.4) is 0 Å². The quantitative estimate of drug-likeness (QED) is 0.206. The molecule has 0 radical (unpaired) electrons. The minimum atomic E-state index is 0. The average molecular weight is 514 g/mol. The van der Waals surface area contributed by atoms with E-state index in [1.54, 1.807) is 7.05 Å². The highest BCUT2D eigenvalue weighted by Gasteiger charge is 2.13. The Labute approximate surface area is 189 Å². The molecule has 9 heteroatoms. The number of H-pyrrole nitrogens is 1. The maximum absolute atomic E-state index is 5.80. The summed E-state index contributed by atoms with van der Waals surface area (Å²) in [5.74, 6) is 2.21. The Hall–Kier alpha value is -1.72. The number of nitrogens with zero attached hydrogens (tertiary/aromatic N) is 3. The van der Waals surface area contributed by atoms with E-state index in [0.717, 1.165) is 75.1 Å². The van der Waals surface area contributed by atoms with Gasteiger partial charge in [0.25, 0.3) is 0 Å². The van der Waals surface area contributed by atoms with Crippen molar-refractivity contribution in [2.75, 3.05) is 40.0 Å². The number of hydrogen-bond donors (Lipinski definition) is 3. The maximum Gasteiger partial charge on any atom is 0.191 e. The van der Waals surface area contributed by atoms with Gasteiger partial charge in [-0.25, -0.2) is 4.98 Å². The highest BCUT2D eigenvalue weighted by atomic mass is 127. The van der Waals surface area contributed by atoms with E-state index in [1.165, 1.54) is 6.33 Å². The Balaban J connectivity index is 0.00000300. The van der Waals surface area contributed by atoms with E-state index < -0.39 is 0 Å². The molecule has 8 nitrogen and oxygen atoms in total. The van der Waals surface area contributed by atoms with Crippen molar-refractivity contribution in [3.05, 3.63) is 36.2 Å². The van der Waals surface area contributed by atoms with Gasteiger partial charge in [0.1, 0.15) is 6.33 Å². The van der Waals surface area contributed by atoms with E-state index in [1.807, 2.05) is 12.1 Å². The molecule has 2 heterocycles. The molecule has 0 bridgehead atoms. The first-order valence-electron chi connectivity index (χ1n) is 9.90. The Kier molecular flexibility index (Phi) is 11.0. The van der Waals surface area contributed by atoms with Crippen LogP contribution in [0.4, 0.5) is 0 Å². The molecular weight excluding hydrogens is 483 g/mol. The van der Waals surface area contributed by atoms with Gasteiger partial charge in [-0.05, 0) is 36.8 Å². The number of rotatable bonds is 9. The van der Waals surface area contributed by atoms with Crippen LogP contribution >= 0.6 is 24.0 Å². The lowest BCUT2D eigenvalue weighted by Crippen LogP contribution is -2.37. The van der Waals surface area contributed by atoms with Crippen LogP contribution in [0, 0.1) is 5.92 Å². The van der Waals surface area contributed by atoms with Crippen LogP contribution in [0.5, 0.6) is 0 Å². The minimum Gasteiger partial charge on any atom is -0.381 e. The lowest BCUT2D eigenvalue weighted by molar-refractivity contribution is 0.0203. The second-order valence-electron chi connectivity index (χ2n) is 6.87. The molecule has 1 aromatic carbocycles. The number of aromatic amines is 1. The van der Waals surface area contributed by atoms with Crippen molar-refractivity contribution in [2.45, 2.75) is 25.8 Å². The van der Waals surface area contributed by atoms with E-state index in [-0.39, 0.29) is 24.0 Å². The second kappa shape index (κ2) is 13.5. The predicted octanol–water partition coefficient (Wildman–Crippen LogP) is 2.59. The molecule has 2 aromatic rings. The van der Waals surface area contributed by atoms with Gasteiger partial charge in [-0.3, -0.25) is 10.1 Å². The van der Waals surface area contributed by atoms with Gasteiger partial charge in [0.05, 0.1) is 0 Å². The molecule has 1 fully saturated rings. The number of aromatic nitrogens is 3. The summed E-state index contributed by atoms with van der Waals surface area (Å²) in [6.45, 7) is 4.86. The third-order valence-corrected chi connectivity index (χ3v) is 4.75. The Morgan fingerprint density at radius 1 is 1.31 bits per heavy atom. The van der Waals surface area contributed by atoms with Crippen molar-refractivity contribution >= 4 is 29.9 Å². The van der Waals surface area contributed by atoms with Gasteiger partial charge < -0.3 is 20.1 Å². The molecule has 0 spiro atoms. The van der Waals surface area contributed by atoms with Crippen LogP contribution in [0.1, 0.15) is 24.8 Å².